The monoisotopic (exact) mass is 1200 g/mol. The summed E-state index contributed by atoms with van der Waals surface area (Å²) in [6, 6.07) is 17.0. The van der Waals surface area contributed by atoms with Crippen molar-refractivity contribution in [2.24, 2.45) is 5.92 Å². The number of para-hydroxylation sites is 1. The number of hydrogen-bond donors (Lipinski definition) is 6. The number of ether oxygens (including phenoxy) is 2. The second-order valence-corrected chi connectivity index (χ2v) is 21.8. The smallest absolute Gasteiger partial charge is 0.252 e. The number of anilines is 3. The second-order valence-electron chi connectivity index (χ2n) is 21.8. The first-order valence-corrected chi connectivity index (χ1v) is 27.2. The molecule has 0 aromatic heterocycles. The Kier molecular flexibility index (Phi) is 22.8. The molecule has 24 heteroatoms. The van der Waals surface area contributed by atoms with Gasteiger partial charge in [0.05, 0.1) is 37.8 Å². The molecule has 3 fully saturated rings. The largest absolute Gasteiger partial charge is 0.381 e. The molecule has 82 heavy (non-hydrogen) atoms. The number of nitrogens with one attached hydrogen (secondary N) is 6. The second kappa shape index (κ2) is 28.6. The first-order chi connectivity index (χ1) is 37.9. The van der Waals surface area contributed by atoms with Crippen LogP contribution in [0.5, 0.6) is 0 Å². The van der Waals surface area contributed by atoms with Crippen LogP contribution in [0.4, 0.5) is 30.2 Å². The third kappa shape index (κ3) is 14.7. The normalized spacial score (nSPS) is 22.4. The summed E-state index contributed by atoms with van der Waals surface area (Å²) in [6.45, 7) is 12.0. The molecule has 3 saturated heterocycles. The number of carbonyl (C=O) groups excluding carboxylic acids is 6. The molecule has 18 nitrogen and oxygen atoms in total. The number of amides is 6. The maximum absolute atomic E-state index is 14.9. The lowest BCUT2D eigenvalue weighted by atomic mass is 9.83. The quantitative estimate of drug-likeness (QED) is 0.0804. The molecule has 446 valence electrons. The van der Waals surface area contributed by atoms with Crippen LogP contribution in [0.3, 0.4) is 0 Å². The highest BCUT2D eigenvalue weighted by Gasteiger charge is 2.48. The molecule has 0 aliphatic carbocycles. The molecule has 9 rings (SSSR count). The van der Waals surface area contributed by atoms with Crippen molar-refractivity contribution in [1.82, 2.24) is 36.0 Å². The van der Waals surface area contributed by atoms with Crippen molar-refractivity contribution in [3.8, 4) is 0 Å². The Labute approximate surface area is 494 Å². The first-order valence-electron chi connectivity index (χ1n) is 27.2. The molecule has 7 atom stereocenters. The van der Waals surface area contributed by atoms with E-state index in [4.69, 9.17) is 9.47 Å². The van der Waals surface area contributed by atoms with E-state index in [1.54, 1.807) is 50.1 Å². The van der Waals surface area contributed by atoms with Crippen LogP contribution in [0.15, 0.2) is 78.9 Å². The minimum absolute atomic E-state index is 0. The van der Waals surface area contributed by atoms with Gasteiger partial charge in [-0.1, -0.05) is 36.4 Å². The van der Waals surface area contributed by atoms with Crippen molar-refractivity contribution in [2.75, 3.05) is 94.8 Å². The number of halogens is 6. The van der Waals surface area contributed by atoms with Crippen molar-refractivity contribution in [3.05, 3.63) is 124 Å². The van der Waals surface area contributed by atoms with Gasteiger partial charge < -0.3 is 51.2 Å². The molecule has 0 radical (unpaired) electrons. The zero-order valence-electron chi connectivity index (χ0n) is 46.6. The molecule has 5 heterocycles. The summed E-state index contributed by atoms with van der Waals surface area (Å²) < 4.78 is 55.0. The Morgan fingerprint density at radius 1 is 0.841 bits per heavy atom. The lowest BCUT2D eigenvalue weighted by Gasteiger charge is -2.43. The van der Waals surface area contributed by atoms with Crippen molar-refractivity contribution in [1.29, 1.82) is 0 Å². The Bertz CT molecular complexity index is 2930. The molecule has 0 saturated carbocycles. The summed E-state index contributed by atoms with van der Waals surface area (Å²) in [5, 5.41) is 17.3. The topological polar surface area (TPSA) is 206 Å². The molecular weight excluding hydrogens is 1130 g/mol. The van der Waals surface area contributed by atoms with E-state index < -0.39 is 76.9 Å². The van der Waals surface area contributed by atoms with E-state index in [9.17, 15) is 41.9 Å². The molecule has 6 N–H and O–H groups in total. The highest BCUT2D eigenvalue weighted by molar-refractivity contribution is 6.05. The van der Waals surface area contributed by atoms with E-state index >= 15 is 0 Å². The van der Waals surface area contributed by atoms with Crippen LogP contribution in [0.1, 0.15) is 74.4 Å². The maximum Gasteiger partial charge on any atom is 0.252 e. The third-order valence-corrected chi connectivity index (χ3v) is 16.2. The maximum atomic E-state index is 14.9. The molecule has 4 aromatic carbocycles. The minimum Gasteiger partial charge on any atom is -0.381 e. The number of hydrogen-bond acceptors (Lipinski definition) is 12. The number of rotatable bonds is 17. The number of benzene rings is 4. The fourth-order valence-electron chi connectivity index (χ4n) is 11.5. The van der Waals surface area contributed by atoms with E-state index in [0.29, 0.717) is 81.2 Å². The summed E-state index contributed by atoms with van der Waals surface area (Å²) >= 11 is 0. The van der Waals surface area contributed by atoms with Crippen LogP contribution in [-0.4, -0.2) is 160 Å². The van der Waals surface area contributed by atoms with Crippen molar-refractivity contribution in [3.63, 3.8) is 0 Å². The summed E-state index contributed by atoms with van der Waals surface area (Å²) in [5.41, 5.74) is 2.00. The lowest BCUT2D eigenvalue weighted by molar-refractivity contribution is -0.144. The average Bonchev–Trinajstić information content (AvgIpc) is 3.97. The van der Waals surface area contributed by atoms with Gasteiger partial charge >= 0.3 is 0 Å². The van der Waals surface area contributed by atoms with Crippen LogP contribution >= 0.6 is 37.2 Å². The van der Waals surface area contributed by atoms with Crippen LogP contribution in [0.25, 0.3) is 0 Å². The standard InChI is InChI=1S/C58H71F3N10O8.3ClH/c1-34-28-69(43(26-63-34)30-68-19-22-79-32-35(68)2)31-50(73)71-33-58(4,45-16-11-38(24-48(45)71)23-37-9-12-41(59)13-10-37)57(77)64-27-49(72)65-42-14-15-44-40(25-42)29-70(53(44)55(75)67-52-46(60)7-6-8-47(52)61)56(76)51(39-17-20-78-21-18-39)66-54(74)36(3)62-5;;;/h6-16,24-25,34-36,39,43,51,53,62-63H,17-23,26-33H2,1-5H3,(H,64,77)(H,65,72)(H,66,74)(H,67,75);3*1H/t34-,35-,36?,43-,51?,53+,58-;;;/m1.../s1. The van der Waals surface area contributed by atoms with Crippen LogP contribution in [-0.2, 0) is 56.6 Å². The van der Waals surface area contributed by atoms with Gasteiger partial charge in [-0.05, 0) is 130 Å². The first kappa shape index (κ1) is 65.3. The van der Waals surface area contributed by atoms with Gasteiger partial charge in [-0.25, -0.2) is 13.2 Å². The molecule has 5 aliphatic rings. The Morgan fingerprint density at radius 2 is 1.55 bits per heavy atom. The fourth-order valence-corrected chi connectivity index (χ4v) is 11.5. The SMILES string of the molecule is CNC(C)C(=O)NC(C(=O)N1Cc2cc(NC(=O)CNC(=O)[C@]3(C)CN(C(=O)CN4C[C@@H](C)NC[C@@H]4CN4CCOC[C@H]4C)c4cc(Cc5ccc(F)cc5)ccc43)ccc2[C@H]1C(=O)Nc1c(F)cccc1F)C1CCOCC1.Cl.Cl.Cl. The number of nitrogens with zero attached hydrogens (tertiary/aromatic N) is 4. The highest BCUT2D eigenvalue weighted by Crippen LogP contribution is 2.43. The Balaban J connectivity index is 0.00000360. The van der Waals surface area contributed by atoms with Gasteiger partial charge in [0.25, 0.3) is 5.91 Å². The van der Waals surface area contributed by atoms with Crippen molar-refractivity contribution >= 4 is 89.7 Å². The molecule has 0 spiro atoms. The van der Waals surface area contributed by atoms with Gasteiger partial charge in [0, 0.05) is 82.0 Å². The van der Waals surface area contributed by atoms with Gasteiger partial charge in [-0.15, -0.1) is 37.2 Å². The molecule has 6 amide bonds. The third-order valence-electron chi connectivity index (χ3n) is 16.2. The van der Waals surface area contributed by atoms with E-state index in [1.165, 1.54) is 23.1 Å². The number of piperazine rings is 1. The molecule has 5 aliphatic heterocycles. The molecule has 0 bridgehead atoms. The number of likely N-dealkylation sites (N-methyl/N-ethyl adjacent to an activating group) is 1. The van der Waals surface area contributed by atoms with E-state index in [1.807, 2.05) is 18.2 Å². The Hall–Kier alpha value is -5.88. The van der Waals surface area contributed by atoms with Gasteiger partial charge in [0.1, 0.15) is 35.2 Å². The fraction of sp³-hybridized carbons (Fsp3) is 0.483. The molecule has 4 aromatic rings. The van der Waals surface area contributed by atoms with Crippen LogP contribution in [0, 0.1) is 23.4 Å². The summed E-state index contributed by atoms with van der Waals surface area (Å²) in [4.78, 5) is 93.0. The summed E-state index contributed by atoms with van der Waals surface area (Å²) in [7, 11) is 1.61. The predicted molar refractivity (Wildman–Crippen MR) is 312 cm³/mol. The summed E-state index contributed by atoms with van der Waals surface area (Å²) in [5.74, 6) is -5.92. The highest BCUT2D eigenvalue weighted by atomic mass is 35.5. The predicted octanol–water partition coefficient (Wildman–Crippen LogP) is 5.24. The van der Waals surface area contributed by atoms with E-state index in [0.717, 1.165) is 42.4 Å². The van der Waals surface area contributed by atoms with Crippen molar-refractivity contribution in [2.45, 2.75) is 95.2 Å². The van der Waals surface area contributed by atoms with Crippen LogP contribution in [0.2, 0.25) is 0 Å². The zero-order chi connectivity index (χ0) is 56.1. The van der Waals surface area contributed by atoms with E-state index in [-0.39, 0.29) is 98.3 Å². The molecule has 2 unspecified atom stereocenters. The molecular formula is C58H74Cl3F3N10O8. The number of carbonyl (C=O) groups is 6. The Morgan fingerprint density at radius 3 is 2.24 bits per heavy atom. The van der Waals surface area contributed by atoms with Gasteiger partial charge in [-0.3, -0.25) is 38.6 Å². The van der Waals surface area contributed by atoms with Crippen molar-refractivity contribution < 1.29 is 51.4 Å². The summed E-state index contributed by atoms with van der Waals surface area (Å²) in [6.07, 6.45) is 1.35. The number of fused-ring (bicyclic) bond motifs is 2. The zero-order valence-corrected chi connectivity index (χ0v) is 49.0. The minimum atomic E-state index is -1.40. The van der Waals surface area contributed by atoms with Crippen LogP contribution < -0.4 is 36.8 Å². The van der Waals surface area contributed by atoms with E-state index in [2.05, 4.69) is 55.5 Å². The average molecular weight is 1200 g/mol. The van der Waals surface area contributed by atoms with Gasteiger partial charge in [-0.2, -0.15) is 0 Å². The van der Waals surface area contributed by atoms with Gasteiger partial charge in [0.15, 0.2) is 0 Å². The van der Waals surface area contributed by atoms with Gasteiger partial charge in [0.2, 0.25) is 29.5 Å². The lowest BCUT2D eigenvalue weighted by Crippen LogP contribution is -2.62. The number of morpholine rings is 1.